The Labute approximate surface area is 129 Å². The largest absolute Gasteiger partial charge is 0.380 e. The molecular formula is C16H19ClN2O2. The summed E-state index contributed by atoms with van der Waals surface area (Å²) in [4.78, 5) is 16.2. The normalized spacial score (nSPS) is 10.8. The minimum atomic E-state index is -0.234. The predicted molar refractivity (Wildman–Crippen MR) is 84.8 cm³/mol. The van der Waals surface area contributed by atoms with Gasteiger partial charge in [-0.2, -0.15) is 0 Å². The number of amides is 1. The van der Waals surface area contributed by atoms with E-state index in [0.29, 0.717) is 24.0 Å². The number of hydrogen-bond acceptors (Lipinski definition) is 3. The summed E-state index contributed by atoms with van der Waals surface area (Å²) in [7, 11) is 0. The number of carbonyl (C=O) groups excluding carboxylic acids is 1. The van der Waals surface area contributed by atoms with Crippen molar-refractivity contribution in [1.82, 2.24) is 10.3 Å². The SMILES string of the molecule is CCCCOCCNC(=O)c1cc2ccccc2c(Cl)n1. The molecule has 5 heteroatoms. The molecule has 4 nitrogen and oxygen atoms in total. The average molecular weight is 307 g/mol. The summed E-state index contributed by atoms with van der Waals surface area (Å²) in [5.74, 6) is -0.234. The van der Waals surface area contributed by atoms with E-state index in [4.69, 9.17) is 16.3 Å². The van der Waals surface area contributed by atoms with Gasteiger partial charge in [0.1, 0.15) is 10.8 Å². The van der Waals surface area contributed by atoms with Crippen LogP contribution in [0.1, 0.15) is 30.3 Å². The smallest absolute Gasteiger partial charge is 0.270 e. The van der Waals surface area contributed by atoms with E-state index < -0.39 is 0 Å². The summed E-state index contributed by atoms with van der Waals surface area (Å²) < 4.78 is 5.39. The van der Waals surface area contributed by atoms with Crippen LogP contribution in [-0.4, -0.2) is 30.6 Å². The molecule has 1 N–H and O–H groups in total. The molecule has 0 aliphatic rings. The van der Waals surface area contributed by atoms with E-state index in [1.165, 1.54) is 0 Å². The highest BCUT2D eigenvalue weighted by molar-refractivity contribution is 6.34. The zero-order valence-corrected chi connectivity index (χ0v) is 12.8. The Morgan fingerprint density at radius 2 is 2.14 bits per heavy atom. The van der Waals surface area contributed by atoms with Crippen LogP contribution in [0.5, 0.6) is 0 Å². The third-order valence-corrected chi connectivity index (χ3v) is 3.39. The molecule has 0 saturated heterocycles. The van der Waals surface area contributed by atoms with Gasteiger partial charge in [-0.3, -0.25) is 4.79 Å². The molecule has 0 aliphatic heterocycles. The van der Waals surface area contributed by atoms with Gasteiger partial charge >= 0.3 is 0 Å². The molecular weight excluding hydrogens is 288 g/mol. The first kappa shape index (κ1) is 15.7. The summed E-state index contributed by atoms with van der Waals surface area (Å²) in [6.07, 6.45) is 2.14. The van der Waals surface area contributed by atoms with E-state index in [9.17, 15) is 4.79 Å². The van der Waals surface area contributed by atoms with Crippen molar-refractivity contribution in [3.8, 4) is 0 Å². The summed E-state index contributed by atoms with van der Waals surface area (Å²) in [6, 6.07) is 9.33. The molecule has 1 amide bonds. The average Bonchev–Trinajstić information content (AvgIpc) is 2.50. The van der Waals surface area contributed by atoms with Crippen molar-refractivity contribution in [2.45, 2.75) is 19.8 Å². The van der Waals surface area contributed by atoms with Crippen LogP contribution in [-0.2, 0) is 4.74 Å². The lowest BCUT2D eigenvalue weighted by Crippen LogP contribution is -2.28. The Hall–Kier alpha value is -1.65. The molecule has 0 saturated carbocycles. The first-order valence-corrected chi connectivity index (χ1v) is 7.51. The second kappa shape index (κ2) is 7.96. The molecule has 0 bridgehead atoms. The van der Waals surface area contributed by atoms with Gasteiger partial charge in [-0.15, -0.1) is 0 Å². The Morgan fingerprint density at radius 3 is 2.95 bits per heavy atom. The number of aromatic nitrogens is 1. The van der Waals surface area contributed by atoms with Crippen LogP contribution >= 0.6 is 11.6 Å². The highest BCUT2D eigenvalue weighted by atomic mass is 35.5. The van der Waals surface area contributed by atoms with E-state index in [0.717, 1.165) is 30.2 Å². The van der Waals surface area contributed by atoms with Crippen LogP contribution in [0.25, 0.3) is 10.8 Å². The molecule has 0 aliphatic carbocycles. The molecule has 0 atom stereocenters. The van der Waals surface area contributed by atoms with Crippen molar-refractivity contribution in [2.75, 3.05) is 19.8 Å². The summed E-state index contributed by atoms with van der Waals surface area (Å²) in [5.41, 5.74) is 0.326. The minimum Gasteiger partial charge on any atom is -0.380 e. The molecule has 2 rings (SSSR count). The number of benzene rings is 1. The standard InChI is InChI=1S/C16H19ClN2O2/c1-2-3-9-21-10-8-18-16(20)14-11-12-6-4-5-7-13(12)15(17)19-14/h4-7,11H,2-3,8-10H2,1H3,(H,18,20). The van der Waals surface area contributed by atoms with E-state index in [1.54, 1.807) is 6.07 Å². The van der Waals surface area contributed by atoms with Crippen LogP contribution in [0.3, 0.4) is 0 Å². The number of fused-ring (bicyclic) bond motifs is 1. The third-order valence-electron chi connectivity index (χ3n) is 3.10. The molecule has 1 heterocycles. The third kappa shape index (κ3) is 4.41. The zero-order valence-electron chi connectivity index (χ0n) is 12.1. The fourth-order valence-electron chi connectivity index (χ4n) is 1.95. The second-order valence-electron chi connectivity index (χ2n) is 4.74. The Kier molecular flexibility index (Phi) is 5.96. The molecule has 0 spiro atoms. The van der Waals surface area contributed by atoms with Crippen LogP contribution in [0.15, 0.2) is 30.3 Å². The Balaban J connectivity index is 1.93. The summed E-state index contributed by atoms with van der Waals surface area (Å²) in [6.45, 7) is 3.81. The van der Waals surface area contributed by atoms with E-state index >= 15 is 0 Å². The Morgan fingerprint density at radius 1 is 1.33 bits per heavy atom. The van der Waals surface area contributed by atoms with E-state index in [-0.39, 0.29) is 5.91 Å². The monoisotopic (exact) mass is 306 g/mol. The number of rotatable bonds is 7. The first-order valence-electron chi connectivity index (χ1n) is 7.13. The first-order chi connectivity index (χ1) is 10.2. The van der Waals surface area contributed by atoms with Gasteiger partial charge in [0.2, 0.25) is 0 Å². The second-order valence-corrected chi connectivity index (χ2v) is 5.10. The van der Waals surface area contributed by atoms with E-state index in [2.05, 4.69) is 17.2 Å². The van der Waals surface area contributed by atoms with Crippen molar-refractivity contribution >= 4 is 28.3 Å². The number of nitrogens with zero attached hydrogens (tertiary/aromatic N) is 1. The molecule has 21 heavy (non-hydrogen) atoms. The number of ether oxygens (including phenoxy) is 1. The molecule has 2 aromatic rings. The highest BCUT2D eigenvalue weighted by Gasteiger charge is 2.10. The number of unbranched alkanes of at least 4 members (excludes halogenated alkanes) is 1. The van der Waals surface area contributed by atoms with Crippen LogP contribution in [0.2, 0.25) is 5.15 Å². The molecule has 0 fully saturated rings. The fraction of sp³-hybridized carbons (Fsp3) is 0.375. The summed E-state index contributed by atoms with van der Waals surface area (Å²) >= 11 is 6.11. The van der Waals surface area contributed by atoms with E-state index in [1.807, 2.05) is 24.3 Å². The van der Waals surface area contributed by atoms with Gasteiger partial charge in [-0.25, -0.2) is 4.98 Å². The van der Waals surface area contributed by atoms with Crippen LogP contribution in [0, 0.1) is 0 Å². The molecule has 1 aromatic heterocycles. The van der Waals surface area contributed by atoms with Crippen molar-refractivity contribution in [2.24, 2.45) is 0 Å². The van der Waals surface area contributed by atoms with Gasteiger partial charge in [0.25, 0.3) is 5.91 Å². The maximum atomic E-state index is 12.0. The lowest BCUT2D eigenvalue weighted by Gasteiger charge is -2.07. The van der Waals surface area contributed by atoms with Gasteiger partial charge < -0.3 is 10.1 Å². The summed E-state index contributed by atoms with van der Waals surface area (Å²) in [5, 5.41) is 4.88. The number of pyridine rings is 1. The topological polar surface area (TPSA) is 51.2 Å². The van der Waals surface area contributed by atoms with Crippen molar-refractivity contribution in [1.29, 1.82) is 0 Å². The number of halogens is 1. The van der Waals surface area contributed by atoms with Crippen LogP contribution < -0.4 is 5.32 Å². The van der Waals surface area contributed by atoms with Crippen molar-refractivity contribution in [3.63, 3.8) is 0 Å². The van der Waals surface area contributed by atoms with Crippen molar-refractivity contribution < 1.29 is 9.53 Å². The molecule has 0 radical (unpaired) electrons. The van der Waals surface area contributed by atoms with Gasteiger partial charge in [0.05, 0.1) is 6.61 Å². The van der Waals surface area contributed by atoms with Gasteiger partial charge in [-0.1, -0.05) is 49.2 Å². The van der Waals surface area contributed by atoms with Crippen molar-refractivity contribution in [3.05, 3.63) is 41.2 Å². The molecule has 1 aromatic carbocycles. The lowest BCUT2D eigenvalue weighted by molar-refractivity contribution is 0.0908. The number of hydrogen-bond donors (Lipinski definition) is 1. The Bertz CT molecular complexity index is 616. The molecule has 112 valence electrons. The van der Waals surface area contributed by atoms with Gasteiger partial charge in [0.15, 0.2) is 0 Å². The highest BCUT2D eigenvalue weighted by Crippen LogP contribution is 2.22. The minimum absolute atomic E-state index is 0.234. The maximum absolute atomic E-state index is 12.0. The predicted octanol–water partition coefficient (Wildman–Crippen LogP) is 3.43. The maximum Gasteiger partial charge on any atom is 0.270 e. The zero-order chi connectivity index (χ0) is 15.1. The fourth-order valence-corrected chi connectivity index (χ4v) is 2.21. The number of carbonyl (C=O) groups is 1. The number of nitrogens with one attached hydrogen (secondary N) is 1. The lowest BCUT2D eigenvalue weighted by atomic mass is 10.1. The van der Waals surface area contributed by atoms with Gasteiger partial charge in [-0.05, 0) is 17.9 Å². The molecule has 0 unspecified atom stereocenters. The van der Waals surface area contributed by atoms with Gasteiger partial charge in [0, 0.05) is 18.5 Å². The quantitative estimate of drug-likeness (QED) is 0.630. The van der Waals surface area contributed by atoms with Crippen LogP contribution in [0.4, 0.5) is 0 Å².